The number of nitrogens with zero attached hydrogens (tertiary/aromatic N) is 7. The first-order valence-electron chi connectivity index (χ1n) is 11.8. The van der Waals surface area contributed by atoms with Crippen LogP contribution in [-0.2, 0) is 7.05 Å². The number of methoxy groups -OCH3 is 1. The number of piperazine rings is 1. The van der Waals surface area contributed by atoms with Crippen LogP contribution in [0.15, 0.2) is 36.4 Å². The van der Waals surface area contributed by atoms with Crippen LogP contribution in [0.1, 0.15) is 29.0 Å². The molecule has 2 saturated heterocycles. The highest BCUT2D eigenvalue weighted by Crippen LogP contribution is 2.25. The third-order valence-corrected chi connectivity index (χ3v) is 6.57. The van der Waals surface area contributed by atoms with Gasteiger partial charge in [0.05, 0.1) is 12.8 Å². The first-order valence-corrected chi connectivity index (χ1v) is 11.8. The van der Waals surface area contributed by atoms with Crippen molar-refractivity contribution >= 4 is 17.7 Å². The number of amides is 1. The van der Waals surface area contributed by atoms with Crippen LogP contribution in [0.5, 0.6) is 5.75 Å². The van der Waals surface area contributed by atoms with Crippen molar-refractivity contribution in [3.05, 3.63) is 47.8 Å². The smallest absolute Gasteiger partial charge is 0.272 e. The summed E-state index contributed by atoms with van der Waals surface area (Å²) in [5.74, 6) is 2.54. The summed E-state index contributed by atoms with van der Waals surface area (Å²) in [7, 11) is 3.46. The van der Waals surface area contributed by atoms with E-state index in [1.54, 1.807) is 11.8 Å². The minimum absolute atomic E-state index is 0.000389. The van der Waals surface area contributed by atoms with Gasteiger partial charge in [-0.15, -0.1) is 0 Å². The van der Waals surface area contributed by atoms with Gasteiger partial charge in [0, 0.05) is 63.6 Å². The number of benzene rings is 1. The van der Waals surface area contributed by atoms with Crippen LogP contribution in [0.4, 0.5) is 11.8 Å². The van der Waals surface area contributed by atoms with Gasteiger partial charge < -0.3 is 19.4 Å². The number of carbonyl (C=O) groups is 1. The second kappa shape index (κ2) is 9.32. The summed E-state index contributed by atoms with van der Waals surface area (Å²) in [4.78, 5) is 29.2. The van der Waals surface area contributed by atoms with E-state index < -0.39 is 0 Å². The van der Waals surface area contributed by atoms with E-state index in [-0.39, 0.29) is 5.91 Å². The van der Waals surface area contributed by atoms with E-state index in [0.717, 1.165) is 60.6 Å². The lowest BCUT2D eigenvalue weighted by Crippen LogP contribution is -2.49. The predicted molar refractivity (Wildman–Crippen MR) is 132 cm³/mol. The highest BCUT2D eigenvalue weighted by atomic mass is 16.5. The fourth-order valence-corrected chi connectivity index (χ4v) is 4.65. The SMILES string of the molecule is COc1cccc(-c2cc(C(=O)N3CCN(c4cc(C)nc(N5CCCC5)n4)CC3)n(C)n2)c1. The lowest BCUT2D eigenvalue weighted by atomic mass is 10.1. The third-order valence-electron chi connectivity index (χ3n) is 6.57. The maximum atomic E-state index is 13.3. The summed E-state index contributed by atoms with van der Waals surface area (Å²) >= 11 is 0. The second-order valence-corrected chi connectivity index (χ2v) is 8.91. The van der Waals surface area contributed by atoms with Crippen molar-refractivity contribution < 1.29 is 9.53 Å². The van der Waals surface area contributed by atoms with Crippen LogP contribution in [-0.4, -0.2) is 76.9 Å². The first-order chi connectivity index (χ1) is 16.5. The van der Waals surface area contributed by atoms with Crippen molar-refractivity contribution in [3.8, 4) is 17.0 Å². The van der Waals surface area contributed by atoms with Gasteiger partial charge in [-0.1, -0.05) is 12.1 Å². The number of anilines is 2. The van der Waals surface area contributed by atoms with Crippen molar-refractivity contribution in [3.63, 3.8) is 0 Å². The van der Waals surface area contributed by atoms with Crippen LogP contribution in [0.3, 0.4) is 0 Å². The van der Waals surface area contributed by atoms with Crippen molar-refractivity contribution in [2.45, 2.75) is 19.8 Å². The van der Waals surface area contributed by atoms with Gasteiger partial charge in [0.2, 0.25) is 5.95 Å². The lowest BCUT2D eigenvalue weighted by Gasteiger charge is -2.35. The first kappa shape index (κ1) is 22.2. The molecule has 34 heavy (non-hydrogen) atoms. The molecule has 2 aliphatic rings. The number of hydrogen-bond acceptors (Lipinski definition) is 7. The lowest BCUT2D eigenvalue weighted by molar-refractivity contribution is 0.0735. The Morgan fingerprint density at radius 1 is 0.941 bits per heavy atom. The number of hydrogen-bond donors (Lipinski definition) is 0. The van der Waals surface area contributed by atoms with Crippen molar-refractivity contribution in [2.24, 2.45) is 7.05 Å². The molecule has 9 nitrogen and oxygen atoms in total. The maximum Gasteiger partial charge on any atom is 0.272 e. The molecule has 2 fully saturated rings. The molecule has 0 saturated carbocycles. The highest BCUT2D eigenvalue weighted by Gasteiger charge is 2.26. The molecule has 0 radical (unpaired) electrons. The molecule has 3 aromatic rings. The molecule has 0 aliphatic carbocycles. The largest absolute Gasteiger partial charge is 0.497 e. The Balaban J connectivity index is 1.27. The van der Waals surface area contributed by atoms with Crippen molar-refractivity contribution in [1.29, 1.82) is 0 Å². The van der Waals surface area contributed by atoms with Crippen molar-refractivity contribution in [1.82, 2.24) is 24.6 Å². The average Bonchev–Trinajstić information content (AvgIpc) is 3.54. The molecule has 0 spiro atoms. The Labute approximate surface area is 200 Å². The molecule has 0 atom stereocenters. The number of rotatable bonds is 5. The molecule has 1 aromatic carbocycles. The normalized spacial score (nSPS) is 16.3. The highest BCUT2D eigenvalue weighted by molar-refractivity contribution is 5.94. The van der Waals surface area contributed by atoms with Crippen LogP contribution in [0, 0.1) is 6.92 Å². The monoisotopic (exact) mass is 461 g/mol. The van der Waals surface area contributed by atoms with Gasteiger partial charge in [0.1, 0.15) is 17.3 Å². The van der Waals surface area contributed by atoms with E-state index in [1.165, 1.54) is 12.8 Å². The molecule has 178 valence electrons. The van der Waals surface area contributed by atoms with E-state index in [2.05, 4.69) is 19.9 Å². The topological polar surface area (TPSA) is 79.6 Å². The fourth-order valence-electron chi connectivity index (χ4n) is 4.65. The van der Waals surface area contributed by atoms with E-state index in [9.17, 15) is 4.79 Å². The van der Waals surface area contributed by atoms with Crippen LogP contribution >= 0.6 is 0 Å². The molecule has 4 heterocycles. The Morgan fingerprint density at radius 3 is 2.44 bits per heavy atom. The van der Waals surface area contributed by atoms with Crippen LogP contribution in [0.25, 0.3) is 11.3 Å². The Hall–Kier alpha value is -3.62. The van der Waals surface area contributed by atoms with Gasteiger partial charge >= 0.3 is 0 Å². The van der Waals surface area contributed by atoms with Gasteiger partial charge in [-0.2, -0.15) is 10.1 Å². The number of carbonyl (C=O) groups excluding carboxylic acids is 1. The van der Waals surface area contributed by atoms with Gasteiger partial charge in [-0.05, 0) is 38.0 Å². The Morgan fingerprint density at radius 2 is 1.71 bits per heavy atom. The second-order valence-electron chi connectivity index (χ2n) is 8.91. The number of aromatic nitrogens is 4. The minimum atomic E-state index is 0.000389. The van der Waals surface area contributed by atoms with Gasteiger partial charge in [0.25, 0.3) is 5.91 Å². The van der Waals surface area contributed by atoms with E-state index in [1.807, 2.05) is 55.3 Å². The zero-order valence-electron chi connectivity index (χ0n) is 20.1. The summed E-state index contributed by atoms with van der Waals surface area (Å²) in [6.07, 6.45) is 2.39. The maximum absolute atomic E-state index is 13.3. The van der Waals surface area contributed by atoms with Gasteiger partial charge in [0.15, 0.2) is 0 Å². The molecule has 0 unspecified atom stereocenters. The van der Waals surface area contributed by atoms with Crippen LogP contribution in [0.2, 0.25) is 0 Å². The quantitative estimate of drug-likeness (QED) is 0.578. The molecule has 0 bridgehead atoms. The zero-order valence-corrected chi connectivity index (χ0v) is 20.1. The van der Waals surface area contributed by atoms with Gasteiger partial charge in [-0.3, -0.25) is 9.48 Å². The summed E-state index contributed by atoms with van der Waals surface area (Å²) in [5.41, 5.74) is 3.24. The standard InChI is InChI=1S/C25H31N7O2/c1-18-15-23(27-25(26-18)32-9-4-5-10-32)30-11-13-31(14-12-30)24(33)22-17-21(28-29(22)2)19-7-6-8-20(16-19)34-3/h6-8,15-17H,4-5,9-14H2,1-3H3. The number of ether oxygens (including phenoxy) is 1. The summed E-state index contributed by atoms with van der Waals surface area (Å²) in [6, 6.07) is 11.6. The summed E-state index contributed by atoms with van der Waals surface area (Å²) < 4.78 is 6.99. The average molecular weight is 462 g/mol. The molecule has 2 aromatic heterocycles. The summed E-state index contributed by atoms with van der Waals surface area (Å²) in [6.45, 7) is 6.82. The fraction of sp³-hybridized carbons (Fsp3) is 0.440. The van der Waals surface area contributed by atoms with E-state index in [4.69, 9.17) is 9.72 Å². The predicted octanol–water partition coefficient (Wildman–Crippen LogP) is 2.76. The number of aryl methyl sites for hydroxylation is 2. The Bertz CT molecular complexity index is 1180. The van der Waals surface area contributed by atoms with E-state index in [0.29, 0.717) is 18.8 Å². The molecule has 9 heteroatoms. The molecule has 0 N–H and O–H groups in total. The molecule has 1 amide bonds. The van der Waals surface area contributed by atoms with Crippen molar-refractivity contribution in [2.75, 3.05) is 56.2 Å². The molecular formula is C25H31N7O2. The van der Waals surface area contributed by atoms with E-state index >= 15 is 0 Å². The van der Waals surface area contributed by atoms with Crippen LogP contribution < -0.4 is 14.5 Å². The molecular weight excluding hydrogens is 430 g/mol. The zero-order chi connectivity index (χ0) is 23.7. The van der Waals surface area contributed by atoms with Gasteiger partial charge in [-0.25, -0.2) is 4.98 Å². The third kappa shape index (κ3) is 4.42. The summed E-state index contributed by atoms with van der Waals surface area (Å²) in [5, 5.41) is 4.57. The minimum Gasteiger partial charge on any atom is -0.497 e. The molecule has 5 rings (SSSR count). The molecule has 2 aliphatic heterocycles. The Kier molecular flexibility index (Phi) is 6.08.